The number of rotatable bonds is 2. The third kappa shape index (κ3) is 2.75. The first-order valence-electron chi connectivity index (χ1n) is 7.54. The van der Waals surface area contributed by atoms with Crippen molar-refractivity contribution in [2.24, 2.45) is 0 Å². The van der Waals surface area contributed by atoms with Gasteiger partial charge in [-0.2, -0.15) is 0 Å². The van der Waals surface area contributed by atoms with Crippen LogP contribution in [0.25, 0.3) is 0 Å². The molecular formula is C17H20ClN3. The van der Waals surface area contributed by atoms with Crippen molar-refractivity contribution in [3.63, 3.8) is 0 Å². The van der Waals surface area contributed by atoms with Gasteiger partial charge in [-0.1, -0.05) is 43.6 Å². The smallest absolute Gasteiger partial charge is 0.141 e. The molecule has 4 heteroatoms. The molecule has 0 radical (unpaired) electrons. The van der Waals surface area contributed by atoms with Crippen LogP contribution in [-0.4, -0.2) is 16.5 Å². The van der Waals surface area contributed by atoms with Gasteiger partial charge in [0.15, 0.2) is 0 Å². The van der Waals surface area contributed by atoms with Gasteiger partial charge in [0.25, 0.3) is 0 Å². The number of nitrogens with zero attached hydrogens (tertiary/aromatic N) is 3. The van der Waals surface area contributed by atoms with Gasteiger partial charge >= 0.3 is 0 Å². The molecule has 21 heavy (non-hydrogen) atoms. The highest BCUT2D eigenvalue weighted by molar-refractivity contribution is 6.30. The zero-order valence-electron chi connectivity index (χ0n) is 12.5. The van der Waals surface area contributed by atoms with E-state index in [2.05, 4.69) is 53.0 Å². The molecule has 0 spiro atoms. The van der Waals surface area contributed by atoms with Crippen LogP contribution in [0.1, 0.15) is 43.7 Å². The minimum absolute atomic E-state index is 0.295. The minimum atomic E-state index is 0.295. The number of halogens is 1. The molecule has 1 aliphatic rings. The molecule has 0 bridgehead atoms. The second-order valence-electron chi connectivity index (χ2n) is 5.79. The van der Waals surface area contributed by atoms with Gasteiger partial charge in [0, 0.05) is 17.8 Å². The van der Waals surface area contributed by atoms with Crippen LogP contribution in [0.3, 0.4) is 0 Å². The van der Waals surface area contributed by atoms with E-state index in [9.17, 15) is 0 Å². The van der Waals surface area contributed by atoms with Crippen molar-refractivity contribution in [3.05, 3.63) is 46.9 Å². The third-order valence-electron chi connectivity index (χ3n) is 4.01. The van der Waals surface area contributed by atoms with Gasteiger partial charge in [0.05, 0.1) is 0 Å². The molecule has 1 aliphatic heterocycles. The van der Waals surface area contributed by atoms with Crippen LogP contribution in [0.2, 0.25) is 5.15 Å². The Morgan fingerprint density at radius 3 is 2.76 bits per heavy atom. The van der Waals surface area contributed by atoms with E-state index in [-0.39, 0.29) is 0 Å². The molecule has 1 aromatic heterocycles. The Labute approximate surface area is 131 Å². The van der Waals surface area contributed by atoms with Crippen molar-refractivity contribution in [1.82, 2.24) is 9.97 Å². The number of benzene rings is 1. The molecule has 0 aliphatic carbocycles. The van der Waals surface area contributed by atoms with Crippen LogP contribution < -0.4 is 4.90 Å². The van der Waals surface area contributed by atoms with Crippen LogP contribution in [-0.2, 0) is 6.42 Å². The normalized spacial score (nSPS) is 15.0. The van der Waals surface area contributed by atoms with E-state index in [1.165, 1.54) is 17.7 Å². The molecule has 0 amide bonds. The molecule has 0 unspecified atom stereocenters. The first kappa shape index (κ1) is 14.3. The summed E-state index contributed by atoms with van der Waals surface area (Å²) in [6.45, 7) is 5.25. The molecule has 3 nitrogen and oxygen atoms in total. The Balaban J connectivity index is 2.15. The summed E-state index contributed by atoms with van der Waals surface area (Å²) >= 11 is 6.33. The van der Waals surface area contributed by atoms with Crippen molar-refractivity contribution in [2.45, 2.75) is 39.0 Å². The van der Waals surface area contributed by atoms with Crippen LogP contribution in [0.4, 0.5) is 11.5 Å². The Hall–Kier alpha value is -1.61. The highest BCUT2D eigenvalue weighted by Gasteiger charge is 2.23. The summed E-state index contributed by atoms with van der Waals surface area (Å²) in [6, 6.07) is 8.60. The summed E-state index contributed by atoms with van der Waals surface area (Å²) in [6.07, 6.45) is 5.07. The maximum Gasteiger partial charge on any atom is 0.141 e. The Morgan fingerprint density at radius 1 is 1.14 bits per heavy atom. The number of para-hydroxylation sites is 1. The van der Waals surface area contributed by atoms with Crippen molar-refractivity contribution in [1.29, 1.82) is 0 Å². The molecule has 0 atom stereocenters. The fourth-order valence-corrected chi connectivity index (χ4v) is 3.33. The summed E-state index contributed by atoms with van der Waals surface area (Å²) in [5, 5.41) is 0.566. The lowest BCUT2D eigenvalue weighted by Crippen LogP contribution is -2.21. The quantitative estimate of drug-likeness (QED) is 0.751. The summed E-state index contributed by atoms with van der Waals surface area (Å²) in [5.41, 5.74) is 3.68. The molecule has 2 heterocycles. The topological polar surface area (TPSA) is 29.0 Å². The highest BCUT2D eigenvalue weighted by atomic mass is 35.5. The predicted octanol–water partition coefficient (Wildman–Crippen LogP) is 4.73. The van der Waals surface area contributed by atoms with Gasteiger partial charge < -0.3 is 4.90 Å². The summed E-state index contributed by atoms with van der Waals surface area (Å²) in [4.78, 5) is 11.0. The molecule has 3 rings (SSSR count). The SMILES string of the molecule is CC(C)c1c(Cl)ncnc1N1CCCCc2ccccc21. The third-order valence-corrected chi connectivity index (χ3v) is 4.31. The highest BCUT2D eigenvalue weighted by Crippen LogP contribution is 2.37. The van der Waals surface area contributed by atoms with Gasteiger partial charge in [-0.3, -0.25) is 0 Å². The summed E-state index contributed by atoms with van der Waals surface area (Å²) in [5.74, 6) is 1.25. The van der Waals surface area contributed by atoms with E-state index in [0.717, 1.165) is 30.8 Å². The second-order valence-corrected chi connectivity index (χ2v) is 6.15. The maximum absolute atomic E-state index is 6.33. The molecule has 0 saturated heterocycles. The van der Waals surface area contributed by atoms with E-state index < -0.39 is 0 Å². The molecule has 0 fully saturated rings. The Bertz CT molecular complexity index is 640. The molecule has 0 N–H and O–H groups in total. The number of aromatic nitrogens is 2. The van der Waals surface area contributed by atoms with Gasteiger partial charge in [0.2, 0.25) is 0 Å². The number of anilines is 2. The van der Waals surface area contributed by atoms with E-state index in [1.807, 2.05) is 0 Å². The van der Waals surface area contributed by atoms with Crippen LogP contribution in [0.15, 0.2) is 30.6 Å². The lowest BCUT2D eigenvalue weighted by atomic mass is 10.0. The standard InChI is InChI=1S/C17H20ClN3/c1-12(2)15-16(18)19-11-20-17(15)21-10-6-5-8-13-7-3-4-9-14(13)21/h3-4,7,9,11-12H,5-6,8,10H2,1-2H3. The minimum Gasteiger partial charge on any atom is -0.326 e. The lowest BCUT2D eigenvalue weighted by Gasteiger charge is -2.27. The number of hydrogen-bond donors (Lipinski definition) is 0. The van der Waals surface area contributed by atoms with Crippen molar-refractivity contribution in [3.8, 4) is 0 Å². The molecule has 1 aromatic carbocycles. The monoisotopic (exact) mass is 301 g/mol. The first-order chi connectivity index (χ1) is 10.2. The molecule has 0 saturated carbocycles. The number of hydrogen-bond acceptors (Lipinski definition) is 3. The maximum atomic E-state index is 6.33. The fourth-order valence-electron chi connectivity index (χ4n) is 2.99. The van der Waals surface area contributed by atoms with E-state index in [1.54, 1.807) is 6.33 Å². The van der Waals surface area contributed by atoms with Crippen LogP contribution >= 0.6 is 11.6 Å². The average molecular weight is 302 g/mol. The van der Waals surface area contributed by atoms with Crippen LogP contribution in [0, 0.1) is 0 Å². The second kappa shape index (κ2) is 6.02. The van der Waals surface area contributed by atoms with E-state index >= 15 is 0 Å². The first-order valence-corrected chi connectivity index (χ1v) is 7.92. The lowest BCUT2D eigenvalue weighted by molar-refractivity contribution is 0.749. The van der Waals surface area contributed by atoms with Crippen molar-refractivity contribution < 1.29 is 0 Å². The van der Waals surface area contributed by atoms with Gasteiger partial charge in [-0.15, -0.1) is 0 Å². The van der Waals surface area contributed by atoms with Crippen molar-refractivity contribution in [2.75, 3.05) is 11.4 Å². The van der Waals surface area contributed by atoms with Crippen molar-refractivity contribution >= 4 is 23.1 Å². The predicted molar refractivity (Wildman–Crippen MR) is 87.5 cm³/mol. The number of aryl methyl sites for hydroxylation is 1. The fraction of sp³-hybridized carbons (Fsp3) is 0.412. The zero-order chi connectivity index (χ0) is 14.8. The van der Waals surface area contributed by atoms with Gasteiger partial charge in [-0.05, 0) is 36.8 Å². The summed E-state index contributed by atoms with van der Waals surface area (Å²) < 4.78 is 0. The van der Waals surface area contributed by atoms with E-state index in [0.29, 0.717) is 11.1 Å². The van der Waals surface area contributed by atoms with Crippen LogP contribution in [0.5, 0.6) is 0 Å². The van der Waals surface area contributed by atoms with E-state index in [4.69, 9.17) is 11.6 Å². The molecule has 2 aromatic rings. The van der Waals surface area contributed by atoms with Gasteiger partial charge in [-0.25, -0.2) is 9.97 Å². The Kier molecular flexibility index (Phi) is 4.11. The molecule has 110 valence electrons. The Morgan fingerprint density at radius 2 is 1.95 bits per heavy atom. The zero-order valence-corrected chi connectivity index (χ0v) is 13.3. The van der Waals surface area contributed by atoms with Gasteiger partial charge in [0.1, 0.15) is 17.3 Å². The number of fused-ring (bicyclic) bond motifs is 1. The average Bonchev–Trinajstić information content (AvgIpc) is 2.68. The summed E-state index contributed by atoms with van der Waals surface area (Å²) in [7, 11) is 0. The largest absolute Gasteiger partial charge is 0.326 e. The molecular weight excluding hydrogens is 282 g/mol.